The van der Waals surface area contributed by atoms with Crippen molar-refractivity contribution in [1.29, 1.82) is 0 Å². The minimum absolute atomic E-state index is 0.275. The van der Waals surface area contributed by atoms with Crippen LogP contribution < -0.4 is 0 Å². The fourth-order valence-electron chi connectivity index (χ4n) is 2.12. The van der Waals surface area contributed by atoms with E-state index in [2.05, 4.69) is 0 Å². The minimum atomic E-state index is 0.275. The van der Waals surface area contributed by atoms with Gasteiger partial charge in [0.15, 0.2) is 5.78 Å². The van der Waals surface area contributed by atoms with Gasteiger partial charge >= 0.3 is 0 Å². The summed E-state index contributed by atoms with van der Waals surface area (Å²) < 4.78 is 5.51. The number of hydrogen-bond donors (Lipinski definition) is 0. The molecule has 0 spiro atoms. The first-order chi connectivity index (χ1) is 8.39. The third kappa shape index (κ3) is 9.11. The van der Waals surface area contributed by atoms with E-state index < -0.39 is 0 Å². The molecule has 0 atom stereocenters. The van der Waals surface area contributed by atoms with Crippen molar-refractivity contribution < 1.29 is 9.53 Å². The maximum atomic E-state index is 11.4. The van der Waals surface area contributed by atoms with E-state index in [0.29, 0.717) is 0 Å². The molecule has 1 aliphatic heterocycles. The van der Waals surface area contributed by atoms with Crippen molar-refractivity contribution in [2.75, 3.05) is 13.2 Å². The molecule has 0 aliphatic carbocycles. The normalized spacial score (nSPS) is 22.5. The summed E-state index contributed by atoms with van der Waals surface area (Å²) in [6.07, 6.45) is 15.3. The lowest BCUT2D eigenvalue weighted by Gasteiger charge is -2.04. The number of ketones is 1. The molecule has 0 aromatic heterocycles. The van der Waals surface area contributed by atoms with Crippen molar-refractivity contribution in [3.63, 3.8) is 0 Å². The molecule has 2 nitrogen and oxygen atoms in total. The second-order valence-electron chi connectivity index (χ2n) is 4.85. The molecular formula is C15H26O2. The van der Waals surface area contributed by atoms with Crippen LogP contribution in [-0.4, -0.2) is 19.0 Å². The van der Waals surface area contributed by atoms with E-state index in [4.69, 9.17) is 4.74 Å². The molecule has 0 saturated carbocycles. The van der Waals surface area contributed by atoms with Crippen LogP contribution in [0.3, 0.4) is 0 Å². The summed E-state index contributed by atoms with van der Waals surface area (Å²) >= 11 is 0. The van der Waals surface area contributed by atoms with Crippen LogP contribution in [0.15, 0.2) is 12.2 Å². The van der Waals surface area contributed by atoms with Gasteiger partial charge in [0.25, 0.3) is 0 Å². The van der Waals surface area contributed by atoms with Gasteiger partial charge in [-0.1, -0.05) is 44.6 Å². The highest BCUT2D eigenvalue weighted by Gasteiger charge is 1.98. The largest absolute Gasteiger partial charge is 0.381 e. The lowest BCUT2D eigenvalue weighted by molar-refractivity contribution is -0.114. The quantitative estimate of drug-likeness (QED) is 0.636. The standard InChI is InChI=1S/C15H26O2/c16-15-11-7-5-3-1-2-4-6-9-13-17-14-10-8-12-15/h8,12H,1-7,9-11,13-14H2. The molecule has 0 radical (unpaired) electrons. The van der Waals surface area contributed by atoms with E-state index in [1.165, 1.54) is 44.9 Å². The summed E-state index contributed by atoms with van der Waals surface area (Å²) in [5.74, 6) is 0.275. The molecule has 0 bridgehead atoms. The van der Waals surface area contributed by atoms with Crippen molar-refractivity contribution in [1.82, 2.24) is 0 Å². The van der Waals surface area contributed by atoms with Crippen LogP contribution in [0.25, 0.3) is 0 Å². The Morgan fingerprint density at radius 2 is 1.47 bits per heavy atom. The number of carbonyl (C=O) groups excluding carboxylic acids is 1. The minimum Gasteiger partial charge on any atom is -0.381 e. The Hall–Kier alpha value is -0.630. The van der Waals surface area contributed by atoms with Crippen LogP contribution in [0.2, 0.25) is 0 Å². The summed E-state index contributed by atoms with van der Waals surface area (Å²) in [4.78, 5) is 11.4. The van der Waals surface area contributed by atoms with Gasteiger partial charge in [0.1, 0.15) is 0 Å². The van der Waals surface area contributed by atoms with Crippen LogP contribution in [-0.2, 0) is 9.53 Å². The first-order valence-electron chi connectivity index (χ1n) is 7.17. The molecule has 98 valence electrons. The molecule has 0 aromatic rings. The smallest absolute Gasteiger partial charge is 0.155 e. The number of rotatable bonds is 0. The first-order valence-corrected chi connectivity index (χ1v) is 7.17. The van der Waals surface area contributed by atoms with E-state index in [0.717, 1.165) is 32.5 Å². The zero-order valence-electron chi connectivity index (χ0n) is 11.0. The molecule has 0 unspecified atom stereocenters. The third-order valence-electron chi connectivity index (χ3n) is 3.19. The zero-order chi connectivity index (χ0) is 12.2. The van der Waals surface area contributed by atoms with Crippen LogP contribution in [0.4, 0.5) is 0 Å². The van der Waals surface area contributed by atoms with Gasteiger partial charge in [-0.3, -0.25) is 4.79 Å². The maximum Gasteiger partial charge on any atom is 0.155 e. The first kappa shape index (κ1) is 14.4. The fraction of sp³-hybridized carbons (Fsp3) is 0.800. The predicted molar refractivity (Wildman–Crippen MR) is 71.1 cm³/mol. The molecular weight excluding hydrogens is 212 g/mol. The van der Waals surface area contributed by atoms with Crippen LogP contribution >= 0.6 is 0 Å². The molecule has 1 heterocycles. The Morgan fingerprint density at radius 3 is 2.24 bits per heavy atom. The van der Waals surface area contributed by atoms with E-state index in [1.54, 1.807) is 6.08 Å². The lowest BCUT2D eigenvalue weighted by Crippen LogP contribution is -1.97. The van der Waals surface area contributed by atoms with Gasteiger partial charge in [-0.15, -0.1) is 0 Å². The average Bonchev–Trinajstić information content (AvgIpc) is 2.32. The highest BCUT2D eigenvalue weighted by Crippen LogP contribution is 2.10. The summed E-state index contributed by atoms with van der Waals surface area (Å²) in [5.41, 5.74) is 0. The summed E-state index contributed by atoms with van der Waals surface area (Å²) in [7, 11) is 0. The zero-order valence-corrected chi connectivity index (χ0v) is 11.0. The monoisotopic (exact) mass is 238 g/mol. The summed E-state index contributed by atoms with van der Waals surface area (Å²) in [6.45, 7) is 1.63. The fourth-order valence-corrected chi connectivity index (χ4v) is 2.12. The Bertz CT molecular complexity index is 221. The average molecular weight is 238 g/mol. The van der Waals surface area contributed by atoms with Crippen molar-refractivity contribution in [2.45, 2.75) is 64.2 Å². The van der Waals surface area contributed by atoms with Gasteiger partial charge in [-0.25, -0.2) is 0 Å². The lowest BCUT2D eigenvalue weighted by atomic mass is 10.1. The Kier molecular flexibility index (Phi) is 8.93. The summed E-state index contributed by atoms with van der Waals surface area (Å²) in [6, 6.07) is 0. The molecule has 1 rings (SSSR count). The molecule has 0 N–H and O–H groups in total. The van der Waals surface area contributed by atoms with Crippen molar-refractivity contribution >= 4 is 5.78 Å². The Morgan fingerprint density at radius 1 is 0.824 bits per heavy atom. The summed E-state index contributed by atoms with van der Waals surface area (Å²) in [5, 5.41) is 0. The van der Waals surface area contributed by atoms with E-state index in [1.807, 2.05) is 6.08 Å². The topological polar surface area (TPSA) is 26.3 Å². The molecule has 2 heteroatoms. The highest BCUT2D eigenvalue weighted by molar-refractivity contribution is 5.89. The van der Waals surface area contributed by atoms with E-state index in [-0.39, 0.29) is 5.78 Å². The van der Waals surface area contributed by atoms with Crippen molar-refractivity contribution in [3.8, 4) is 0 Å². The highest BCUT2D eigenvalue weighted by atomic mass is 16.5. The van der Waals surface area contributed by atoms with E-state index in [9.17, 15) is 4.79 Å². The van der Waals surface area contributed by atoms with Crippen molar-refractivity contribution in [3.05, 3.63) is 12.2 Å². The second kappa shape index (κ2) is 10.5. The van der Waals surface area contributed by atoms with Gasteiger partial charge in [0.05, 0.1) is 6.61 Å². The van der Waals surface area contributed by atoms with Crippen LogP contribution in [0, 0.1) is 0 Å². The third-order valence-corrected chi connectivity index (χ3v) is 3.19. The Balaban J connectivity index is 2.20. The molecule has 1 aliphatic rings. The van der Waals surface area contributed by atoms with Gasteiger partial charge in [0, 0.05) is 13.0 Å². The SMILES string of the molecule is O=C1C=CCCOCCCCCCCCCC1. The van der Waals surface area contributed by atoms with Crippen molar-refractivity contribution in [2.24, 2.45) is 0 Å². The predicted octanol–water partition coefficient (Wildman–Crippen LogP) is 4.04. The second-order valence-corrected chi connectivity index (χ2v) is 4.85. The molecule has 0 amide bonds. The molecule has 0 saturated heterocycles. The van der Waals surface area contributed by atoms with Gasteiger partial charge < -0.3 is 4.74 Å². The van der Waals surface area contributed by atoms with Gasteiger partial charge in [0.2, 0.25) is 0 Å². The Labute approximate surface area is 105 Å². The van der Waals surface area contributed by atoms with Crippen LogP contribution in [0.5, 0.6) is 0 Å². The van der Waals surface area contributed by atoms with Crippen LogP contribution in [0.1, 0.15) is 64.2 Å². The molecule has 17 heavy (non-hydrogen) atoms. The number of allylic oxidation sites excluding steroid dienone is 1. The molecule has 0 fully saturated rings. The molecule has 0 aromatic carbocycles. The van der Waals surface area contributed by atoms with E-state index >= 15 is 0 Å². The van der Waals surface area contributed by atoms with Gasteiger partial charge in [-0.2, -0.15) is 0 Å². The maximum absolute atomic E-state index is 11.4. The number of ether oxygens (including phenoxy) is 1. The van der Waals surface area contributed by atoms with Gasteiger partial charge in [-0.05, 0) is 25.3 Å². The number of hydrogen-bond acceptors (Lipinski definition) is 2. The number of carbonyl (C=O) groups is 1.